The average molecular weight is 416 g/mol. The van der Waals surface area contributed by atoms with E-state index in [0.717, 1.165) is 22.3 Å². The molecule has 0 saturated heterocycles. The van der Waals surface area contributed by atoms with Crippen molar-refractivity contribution in [2.24, 2.45) is 0 Å². The van der Waals surface area contributed by atoms with Gasteiger partial charge in [0.25, 0.3) is 11.8 Å². The maximum Gasteiger partial charge on any atom is 0.268 e. The lowest BCUT2D eigenvalue weighted by molar-refractivity contribution is -0.137. The van der Waals surface area contributed by atoms with Crippen molar-refractivity contribution in [3.05, 3.63) is 95.1 Å². The van der Waals surface area contributed by atoms with Crippen molar-refractivity contribution in [2.45, 2.75) is 32.0 Å². The van der Waals surface area contributed by atoms with E-state index in [4.69, 9.17) is 5.21 Å². The second-order valence-electron chi connectivity index (χ2n) is 7.83. The molecule has 6 heteroatoms. The van der Waals surface area contributed by atoms with Gasteiger partial charge in [-0.05, 0) is 47.2 Å². The molecule has 3 N–H and O–H groups in total. The molecule has 4 rings (SSSR count). The third-order valence-electron chi connectivity index (χ3n) is 5.64. The fraction of sp³-hybridized carbons (Fsp3) is 0.200. The Morgan fingerprint density at radius 1 is 1.00 bits per heavy atom. The molecule has 158 valence electrons. The number of hydroxylamine groups is 1. The smallest absolute Gasteiger partial charge is 0.268 e. The van der Waals surface area contributed by atoms with Gasteiger partial charge in [0.2, 0.25) is 0 Å². The molecule has 0 fully saturated rings. The topological polar surface area (TPSA) is 89.9 Å². The second-order valence-corrected chi connectivity index (χ2v) is 7.83. The van der Waals surface area contributed by atoms with E-state index in [0.29, 0.717) is 12.0 Å². The quantitative estimate of drug-likeness (QED) is 0.425. The summed E-state index contributed by atoms with van der Waals surface area (Å²) in [4.78, 5) is 26.0. The molecule has 0 saturated carbocycles. The van der Waals surface area contributed by atoms with Gasteiger partial charge >= 0.3 is 0 Å². The van der Waals surface area contributed by atoms with Gasteiger partial charge in [0.05, 0.1) is 6.10 Å². The summed E-state index contributed by atoms with van der Waals surface area (Å²) in [6.07, 6.45) is -0.402. The molecule has 0 radical (unpaired) electrons. The number of aliphatic hydroxyl groups excluding tert-OH is 1. The fourth-order valence-corrected chi connectivity index (χ4v) is 4.10. The van der Waals surface area contributed by atoms with E-state index in [1.165, 1.54) is 22.9 Å². The molecule has 6 nitrogen and oxygen atoms in total. The van der Waals surface area contributed by atoms with Crippen LogP contribution < -0.4 is 5.48 Å². The van der Waals surface area contributed by atoms with Crippen molar-refractivity contribution < 1.29 is 19.9 Å². The number of nitrogens with one attached hydrogen (secondary N) is 1. The van der Waals surface area contributed by atoms with Crippen LogP contribution in [0.4, 0.5) is 0 Å². The highest BCUT2D eigenvalue weighted by Crippen LogP contribution is 2.28. The Balaban J connectivity index is 1.52. The van der Waals surface area contributed by atoms with Crippen LogP contribution in [-0.2, 0) is 17.8 Å². The zero-order chi connectivity index (χ0) is 22.0. The summed E-state index contributed by atoms with van der Waals surface area (Å²) >= 11 is 0. The van der Waals surface area contributed by atoms with Crippen LogP contribution in [0.5, 0.6) is 0 Å². The number of fused-ring (bicyclic) bond motifs is 1. The van der Waals surface area contributed by atoms with Crippen LogP contribution >= 0.6 is 0 Å². The molecule has 0 aliphatic carbocycles. The molecule has 0 unspecified atom stereocenters. The molecule has 0 aromatic heterocycles. The molecular weight excluding hydrogens is 392 g/mol. The van der Waals surface area contributed by atoms with Crippen LogP contribution in [0.1, 0.15) is 34.0 Å². The summed E-state index contributed by atoms with van der Waals surface area (Å²) in [6, 6.07) is 23.1. The lowest BCUT2D eigenvalue weighted by atomic mass is 9.98. The summed E-state index contributed by atoms with van der Waals surface area (Å²) in [5, 5.41) is 18.9. The van der Waals surface area contributed by atoms with Gasteiger partial charge in [0.1, 0.15) is 6.04 Å². The summed E-state index contributed by atoms with van der Waals surface area (Å²) < 4.78 is 0. The molecule has 2 atom stereocenters. The molecule has 1 aliphatic rings. The molecule has 2 amide bonds. The van der Waals surface area contributed by atoms with Crippen LogP contribution in [0, 0.1) is 0 Å². The van der Waals surface area contributed by atoms with Gasteiger partial charge in [0, 0.05) is 12.1 Å². The normalized spacial score (nSPS) is 14.8. The monoisotopic (exact) mass is 416 g/mol. The minimum Gasteiger partial charge on any atom is -0.391 e. The van der Waals surface area contributed by atoms with E-state index in [-0.39, 0.29) is 12.5 Å². The summed E-state index contributed by atoms with van der Waals surface area (Å²) in [6.45, 7) is 1.62. The number of amides is 2. The number of aliphatic hydroxyl groups is 1. The maximum atomic E-state index is 12.8. The van der Waals surface area contributed by atoms with Crippen molar-refractivity contribution in [1.82, 2.24) is 10.4 Å². The van der Waals surface area contributed by atoms with Gasteiger partial charge in [-0.25, -0.2) is 5.48 Å². The minimum absolute atomic E-state index is 0.206. The largest absolute Gasteiger partial charge is 0.391 e. The highest BCUT2D eigenvalue weighted by atomic mass is 16.5. The summed E-state index contributed by atoms with van der Waals surface area (Å²) in [5.74, 6) is -1.14. The van der Waals surface area contributed by atoms with E-state index < -0.39 is 18.1 Å². The maximum absolute atomic E-state index is 12.8. The molecule has 31 heavy (non-hydrogen) atoms. The Labute approximate surface area is 180 Å². The first kappa shape index (κ1) is 20.8. The van der Waals surface area contributed by atoms with E-state index in [2.05, 4.69) is 36.4 Å². The minimum atomic E-state index is -1.15. The van der Waals surface area contributed by atoms with Crippen LogP contribution in [-0.4, -0.2) is 39.2 Å². The lowest BCUT2D eigenvalue weighted by Gasteiger charge is -2.27. The Morgan fingerprint density at radius 3 is 2.29 bits per heavy atom. The van der Waals surface area contributed by atoms with Crippen molar-refractivity contribution in [2.75, 3.05) is 0 Å². The summed E-state index contributed by atoms with van der Waals surface area (Å²) in [5.41, 5.74) is 7.40. The Kier molecular flexibility index (Phi) is 5.84. The van der Waals surface area contributed by atoms with E-state index >= 15 is 0 Å². The van der Waals surface area contributed by atoms with Crippen molar-refractivity contribution in [3.63, 3.8) is 0 Å². The molecular formula is C25H24N2O4. The second kappa shape index (κ2) is 8.71. The highest BCUT2D eigenvalue weighted by molar-refractivity contribution is 6.01. The first-order chi connectivity index (χ1) is 15.0. The van der Waals surface area contributed by atoms with Gasteiger partial charge in [-0.1, -0.05) is 66.7 Å². The Bertz CT molecular complexity index is 1090. The number of rotatable bonds is 6. The van der Waals surface area contributed by atoms with Gasteiger partial charge in [-0.15, -0.1) is 0 Å². The third-order valence-corrected chi connectivity index (χ3v) is 5.64. The van der Waals surface area contributed by atoms with Gasteiger partial charge in [-0.2, -0.15) is 0 Å². The van der Waals surface area contributed by atoms with Crippen LogP contribution in [0.2, 0.25) is 0 Å². The van der Waals surface area contributed by atoms with E-state index in [9.17, 15) is 14.7 Å². The van der Waals surface area contributed by atoms with Crippen molar-refractivity contribution in [1.29, 1.82) is 0 Å². The van der Waals surface area contributed by atoms with Gasteiger partial charge in [0.15, 0.2) is 0 Å². The number of nitrogens with zero attached hydrogens (tertiary/aromatic N) is 1. The molecule has 1 heterocycles. The highest BCUT2D eigenvalue weighted by Gasteiger charge is 2.38. The summed E-state index contributed by atoms with van der Waals surface area (Å²) in [7, 11) is 0. The molecule has 1 aliphatic heterocycles. The van der Waals surface area contributed by atoms with Crippen molar-refractivity contribution >= 4 is 11.8 Å². The zero-order valence-electron chi connectivity index (χ0n) is 17.2. The molecule has 0 bridgehead atoms. The number of benzene rings is 3. The Morgan fingerprint density at radius 2 is 1.65 bits per heavy atom. The van der Waals surface area contributed by atoms with Gasteiger partial charge < -0.3 is 10.0 Å². The average Bonchev–Trinajstić information content (AvgIpc) is 3.10. The number of carbonyl (C=O) groups excluding carboxylic acids is 2. The van der Waals surface area contributed by atoms with Crippen LogP contribution in [0.3, 0.4) is 0 Å². The number of carbonyl (C=O) groups is 2. The van der Waals surface area contributed by atoms with Gasteiger partial charge in [-0.3, -0.25) is 14.8 Å². The predicted octanol–water partition coefficient (Wildman–Crippen LogP) is 3.16. The van der Waals surface area contributed by atoms with Crippen LogP contribution in [0.15, 0.2) is 72.8 Å². The van der Waals surface area contributed by atoms with E-state index in [1.54, 1.807) is 6.07 Å². The molecule has 3 aromatic rings. The third kappa shape index (κ3) is 4.21. The standard InChI is InChI=1S/C25H24N2O4/c1-16(28)23(24(29)26-31)27-15-21-14-18(9-12-22(21)25(27)30)13-17-7-10-20(11-8-17)19-5-3-2-4-6-19/h2-12,14,16,23,28,31H,13,15H2,1H3,(H,26,29)/t16-,23+/m1/s1. The first-order valence-electron chi connectivity index (χ1n) is 10.2. The van der Waals surface area contributed by atoms with Crippen molar-refractivity contribution in [3.8, 4) is 11.1 Å². The predicted molar refractivity (Wildman–Crippen MR) is 116 cm³/mol. The Hall–Kier alpha value is -3.48. The van der Waals surface area contributed by atoms with E-state index in [1.807, 2.05) is 30.3 Å². The SMILES string of the molecule is C[C@@H](O)[C@@H](C(=O)NO)N1Cc2cc(Cc3ccc(-c4ccccc4)cc3)ccc2C1=O. The molecule has 3 aromatic carbocycles. The lowest BCUT2D eigenvalue weighted by Crippen LogP contribution is -2.52. The number of hydrogen-bond donors (Lipinski definition) is 3. The fourth-order valence-electron chi connectivity index (χ4n) is 4.10. The number of hydrogen-bond acceptors (Lipinski definition) is 4. The van der Waals surface area contributed by atoms with Crippen LogP contribution in [0.25, 0.3) is 11.1 Å². The zero-order valence-corrected chi connectivity index (χ0v) is 17.2. The molecule has 0 spiro atoms. The first-order valence-corrected chi connectivity index (χ1v) is 10.2.